The maximum Gasteiger partial charge on any atom is 0.306 e. The lowest BCUT2D eigenvalue weighted by Gasteiger charge is -2.18. The molecule has 0 amide bonds. The minimum absolute atomic E-state index is 0.0842. The molecule has 0 radical (unpaired) electrons. The molecular formula is C68H120O6. The van der Waals surface area contributed by atoms with Gasteiger partial charge in [-0.2, -0.15) is 0 Å². The summed E-state index contributed by atoms with van der Waals surface area (Å²) in [4.78, 5) is 38.3. The van der Waals surface area contributed by atoms with Crippen LogP contribution in [0, 0.1) is 0 Å². The highest BCUT2D eigenvalue weighted by Crippen LogP contribution is 2.16. The van der Waals surface area contributed by atoms with Gasteiger partial charge >= 0.3 is 17.9 Å². The van der Waals surface area contributed by atoms with E-state index in [1.165, 1.54) is 186 Å². The first-order valence-corrected chi connectivity index (χ1v) is 31.9. The summed E-state index contributed by atoms with van der Waals surface area (Å²) in [5.74, 6) is -0.894. The molecule has 0 rings (SSSR count). The summed E-state index contributed by atoms with van der Waals surface area (Å²) in [6, 6.07) is 0. The van der Waals surface area contributed by atoms with Crippen LogP contribution in [0.25, 0.3) is 0 Å². The molecule has 0 N–H and O–H groups in total. The van der Waals surface area contributed by atoms with E-state index in [4.69, 9.17) is 14.2 Å². The molecule has 0 fully saturated rings. The Morgan fingerprint density at radius 1 is 0.270 bits per heavy atom. The van der Waals surface area contributed by atoms with Gasteiger partial charge in [-0.05, 0) is 116 Å². The van der Waals surface area contributed by atoms with Crippen LogP contribution in [0.5, 0.6) is 0 Å². The summed E-state index contributed by atoms with van der Waals surface area (Å²) in [5, 5.41) is 0. The lowest BCUT2D eigenvalue weighted by Crippen LogP contribution is -2.30. The van der Waals surface area contributed by atoms with E-state index in [0.717, 1.165) is 96.3 Å². The molecule has 0 heterocycles. The van der Waals surface area contributed by atoms with Gasteiger partial charge in [0.15, 0.2) is 6.10 Å². The van der Waals surface area contributed by atoms with Crippen molar-refractivity contribution in [2.24, 2.45) is 0 Å². The van der Waals surface area contributed by atoms with Crippen LogP contribution in [0.3, 0.4) is 0 Å². The zero-order chi connectivity index (χ0) is 53.6. The Labute approximate surface area is 459 Å². The van der Waals surface area contributed by atoms with E-state index < -0.39 is 6.10 Å². The zero-order valence-electron chi connectivity index (χ0n) is 49.1. The maximum absolute atomic E-state index is 12.9. The fourth-order valence-corrected chi connectivity index (χ4v) is 9.06. The molecule has 0 aromatic rings. The van der Waals surface area contributed by atoms with E-state index in [0.29, 0.717) is 19.3 Å². The average Bonchev–Trinajstić information content (AvgIpc) is 3.40. The second kappa shape index (κ2) is 62.4. The molecule has 0 aliphatic rings. The predicted molar refractivity (Wildman–Crippen MR) is 321 cm³/mol. The molecule has 0 aromatic heterocycles. The molecule has 0 spiro atoms. The second-order valence-electron chi connectivity index (χ2n) is 21.3. The van der Waals surface area contributed by atoms with Crippen molar-refractivity contribution < 1.29 is 28.6 Å². The first-order valence-electron chi connectivity index (χ1n) is 31.9. The van der Waals surface area contributed by atoms with E-state index in [1.807, 2.05) is 0 Å². The third-order valence-corrected chi connectivity index (χ3v) is 13.9. The Morgan fingerprint density at radius 2 is 0.486 bits per heavy atom. The number of esters is 3. The van der Waals surface area contributed by atoms with Gasteiger partial charge in [0, 0.05) is 19.3 Å². The van der Waals surface area contributed by atoms with Gasteiger partial charge in [0.2, 0.25) is 0 Å². The summed E-state index contributed by atoms with van der Waals surface area (Å²) in [5.41, 5.74) is 0. The van der Waals surface area contributed by atoms with Crippen LogP contribution in [0.1, 0.15) is 323 Å². The van der Waals surface area contributed by atoms with Crippen molar-refractivity contribution in [2.75, 3.05) is 13.2 Å². The van der Waals surface area contributed by atoms with Crippen molar-refractivity contribution in [3.05, 3.63) is 72.9 Å². The number of unbranched alkanes of at least 4 members (excludes halogenated alkanes) is 35. The largest absolute Gasteiger partial charge is 0.462 e. The highest BCUT2D eigenvalue weighted by Gasteiger charge is 2.19. The van der Waals surface area contributed by atoms with E-state index in [-0.39, 0.29) is 31.1 Å². The Kier molecular flexibility index (Phi) is 59.7. The molecule has 1 unspecified atom stereocenters. The maximum atomic E-state index is 12.9. The standard InChI is InChI=1S/C68H120O6/c1-4-7-10-13-16-19-22-25-28-30-32-33-34-35-36-38-40-43-46-49-52-55-58-61-67(70)73-64-65(63-72-66(69)60-57-54-51-48-45-42-39-27-24-21-18-15-12-9-6-3)74-68(71)62-59-56-53-50-47-44-41-37-31-29-26-23-20-17-14-11-8-5-2/h20,22-23,25,27,29-32,34-35,39,65H,4-19,21,24,26,28,33,36-38,40-64H2,1-3H3/b23-20-,25-22-,31-29-,32-30-,35-34-,39-27-. The van der Waals surface area contributed by atoms with Crippen LogP contribution in [0.4, 0.5) is 0 Å². The van der Waals surface area contributed by atoms with E-state index in [9.17, 15) is 14.4 Å². The fraction of sp³-hybridized carbons (Fsp3) is 0.779. The Hall–Kier alpha value is -3.15. The Bertz CT molecular complexity index is 1370. The smallest absolute Gasteiger partial charge is 0.306 e. The minimum Gasteiger partial charge on any atom is -0.462 e. The Balaban J connectivity index is 4.38. The van der Waals surface area contributed by atoms with E-state index >= 15 is 0 Å². The van der Waals surface area contributed by atoms with Gasteiger partial charge in [0.25, 0.3) is 0 Å². The van der Waals surface area contributed by atoms with Gasteiger partial charge in [0.05, 0.1) is 0 Å². The second-order valence-corrected chi connectivity index (χ2v) is 21.3. The number of hydrogen-bond donors (Lipinski definition) is 0. The summed E-state index contributed by atoms with van der Waals surface area (Å²) in [7, 11) is 0. The van der Waals surface area contributed by atoms with Crippen molar-refractivity contribution in [3.63, 3.8) is 0 Å². The zero-order valence-corrected chi connectivity index (χ0v) is 49.1. The van der Waals surface area contributed by atoms with Crippen molar-refractivity contribution in [3.8, 4) is 0 Å². The molecule has 0 aliphatic heterocycles. The molecule has 0 saturated heterocycles. The summed E-state index contributed by atoms with van der Waals surface area (Å²) in [6.07, 6.45) is 80.4. The van der Waals surface area contributed by atoms with Gasteiger partial charge in [-0.25, -0.2) is 0 Å². The van der Waals surface area contributed by atoms with Crippen LogP contribution in [-0.4, -0.2) is 37.2 Å². The molecule has 0 bridgehead atoms. The SMILES string of the molecule is CCCCCC/C=C\C/C=C\CCCCCCCCCC(=O)OC(COC(=O)CCCCCCC/C=C\CCCCCCCC)COC(=O)CCCCCCCCCC/C=C\C/C=C\C/C=C\CCCCCCC. The molecule has 428 valence electrons. The van der Waals surface area contributed by atoms with Crippen molar-refractivity contribution in [1.82, 2.24) is 0 Å². The normalized spacial score (nSPS) is 12.5. The lowest BCUT2D eigenvalue weighted by molar-refractivity contribution is -0.167. The minimum atomic E-state index is -0.788. The molecule has 74 heavy (non-hydrogen) atoms. The van der Waals surface area contributed by atoms with Gasteiger partial charge in [-0.15, -0.1) is 0 Å². The van der Waals surface area contributed by atoms with Gasteiger partial charge in [0.1, 0.15) is 13.2 Å². The quantitative estimate of drug-likeness (QED) is 0.0261. The summed E-state index contributed by atoms with van der Waals surface area (Å²) >= 11 is 0. The highest BCUT2D eigenvalue weighted by molar-refractivity contribution is 5.71. The van der Waals surface area contributed by atoms with E-state index in [2.05, 4.69) is 93.7 Å². The third-order valence-electron chi connectivity index (χ3n) is 13.9. The average molecular weight is 1030 g/mol. The number of carbonyl (C=O) groups is 3. The van der Waals surface area contributed by atoms with E-state index in [1.54, 1.807) is 0 Å². The first kappa shape index (κ1) is 70.8. The fourth-order valence-electron chi connectivity index (χ4n) is 9.06. The first-order chi connectivity index (χ1) is 36.5. The molecule has 6 heteroatoms. The molecular weight excluding hydrogens is 913 g/mol. The van der Waals surface area contributed by atoms with Crippen molar-refractivity contribution >= 4 is 17.9 Å². The third kappa shape index (κ3) is 59.7. The molecule has 0 aromatic carbocycles. The van der Waals surface area contributed by atoms with Crippen molar-refractivity contribution in [1.29, 1.82) is 0 Å². The Morgan fingerprint density at radius 3 is 0.784 bits per heavy atom. The number of carbonyl (C=O) groups excluding carboxylic acids is 3. The van der Waals surface area contributed by atoms with Crippen LogP contribution in [-0.2, 0) is 28.6 Å². The van der Waals surface area contributed by atoms with Gasteiger partial charge in [-0.1, -0.05) is 261 Å². The number of ether oxygens (including phenoxy) is 3. The number of rotatable bonds is 58. The topological polar surface area (TPSA) is 78.9 Å². The molecule has 1 atom stereocenters. The van der Waals surface area contributed by atoms with Gasteiger partial charge < -0.3 is 14.2 Å². The van der Waals surface area contributed by atoms with Gasteiger partial charge in [-0.3, -0.25) is 14.4 Å². The molecule has 6 nitrogen and oxygen atoms in total. The van der Waals surface area contributed by atoms with Crippen LogP contribution < -0.4 is 0 Å². The summed E-state index contributed by atoms with van der Waals surface area (Å²) < 4.78 is 16.9. The lowest BCUT2D eigenvalue weighted by atomic mass is 10.1. The predicted octanol–water partition coefficient (Wildman–Crippen LogP) is 21.7. The monoisotopic (exact) mass is 1030 g/mol. The number of allylic oxidation sites excluding steroid dienone is 12. The summed E-state index contributed by atoms with van der Waals surface area (Å²) in [6.45, 7) is 6.62. The number of hydrogen-bond acceptors (Lipinski definition) is 6. The highest BCUT2D eigenvalue weighted by atomic mass is 16.6. The van der Waals surface area contributed by atoms with Crippen molar-refractivity contribution in [2.45, 2.75) is 329 Å². The molecule has 0 saturated carbocycles. The molecule has 0 aliphatic carbocycles. The van der Waals surface area contributed by atoms with Crippen LogP contribution >= 0.6 is 0 Å². The van der Waals surface area contributed by atoms with Crippen LogP contribution in [0.15, 0.2) is 72.9 Å². The van der Waals surface area contributed by atoms with Crippen LogP contribution in [0.2, 0.25) is 0 Å².